The van der Waals surface area contributed by atoms with E-state index in [0.717, 1.165) is 30.4 Å². The van der Waals surface area contributed by atoms with Crippen molar-refractivity contribution in [3.8, 4) is 5.75 Å². The van der Waals surface area contributed by atoms with Gasteiger partial charge in [-0.1, -0.05) is 39.3 Å². The van der Waals surface area contributed by atoms with Crippen LogP contribution in [0.15, 0.2) is 18.2 Å². The average Bonchev–Trinajstić information content (AvgIpc) is 2.17. The van der Waals surface area contributed by atoms with E-state index in [0.29, 0.717) is 5.75 Å². The Morgan fingerprint density at radius 2 is 1.88 bits per heavy atom. The summed E-state index contributed by atoms with van der Waals surface area (Å²) in [6, 6.07) is 6.02. The van der Waals surface area contributed by atoms with Crippen LogP contribution < -0.4 is 0 Å². The molecule has 0 heterocycles. The SMILES string of the molecule is CCCC(C)(CC)c1ccc(C)cc1O.[K]. The topological polar surface area (TPSA) is 20.2 Å². The van der Waals surface area contributed by atoms with Crippen LogP contribution in [0.5, 0.6) is 5.75 Å². The van der Waals surface area contributed by atoms with Crippen molar-refractivity contribution < 1.29 is 5.11 Å². The molecule has 0 aromatic heterocycles. The maximum atomic E-state index is 9.98. The maximum Gasteiger partial charge on any atom is 0.119 e. The van der Waals surface area contributed by atoms with Crippen LogP contribution in [0.4, 0.5) is 0 Å². The molecule has 1 atom stereocenters. The summed E-state index contributed by atoms with van der Waals surface area (Å²) in [6.45, 7) is 8.63. The van der Waals surface area contributed by atoms with Gasteiger partial charge in [-0.3, -0.25) is 0 Å². The molecule has 0 saturated carbocycles. The van der Waals surface area contributed by atoms with Crippen molar-refractivity contribution in [2.75, 3.05) is 0 Å². The van der Waals surface area contributed by atoms with Gasteiger partial charge in [0.2, 0.25) is 0 Å². The second-order valence-corrected chi connectivity index (χ2v) is 4.68. The fourth-order valence-electron chi connectivity index (χ4n) is 2.21. The van der Waals surface area contributed by atoms with Gasteiger partial charge in [0.05, 0.1) is 0 Å². The molecule has 1 radical (unpaired) electrons. The zero-order valence-electron chi connectivity index (χ0n) is 11.3. The largest absolute Gasteiger partial charge is 0.508 e. The molecular formula is C14H22KO. The molecule has 1 unspecified atom stereocenters. The van der Waals surface area contributed by atoms with E-state index in [4.69, 9.17) is 0 Å². The fraction of sp³-hybridized carbons (Fsp3) is 0.571. The predicted octanol–water partition coefficient (Wildman–Crippen LogP) is 3.79. The Hall–Kier alpha value is 0.656. The minimum absolute atomic E-state index is 0. The Labute approximate surface area is 142 Å². The van der Waals surface area contributed by atoms with Gasteiger partial charge >= 0.3 is 0 Å². The van der Waals surface area contributed by atoms with Crippen molar-refractivity contribution >= 4 is 51.4 Å². The molecule has 85 valence electrons. The summed E-state index contributed by atoms with van der Waals surface area (Å²) in [6.07, 6.45) is 3.34. The third-order valence-electron chi connectivity index (χ3n) is 3.39. The van der Waals surface area contributed by atoms with E-state index in [2.05, 4.69) is 32.9 Å². The average molecular weight is 245 g/mol. The molecule has 1 aromatic carbocycles. The minimum Gasteiger partial charge on any atom is -0.508 e. The van der Waals surface area contributed by atoms with E-state index >= 15 is 0 Å². The summed E-state index contributed by atoms with van der Waals surface area (Å²) in [4.78, 5) is 0. The van der Waals surface area contributed by atoms with E-state index in [9.17, 15) is 5.11 Å². The quantitative estimate of drug-likeness (QED) is 0.800. The monoisotopic (exact) mass is 245 g/mol. The predicted molar refractivity (Wildman–Crippen MR) is 71.1 cm³/mol. The number of hydrogen-bond acceptors (Lipinski definition) is 1. The molecule has 0 spiro atoms. The summed E-state index contributed by atoms with van der Waals surface area (Å²) >= 11 is 0. The number of rotatable bonds is 4. The van der Waals surface area contributed by atoms with Crippen LogP contribution in [0, 0.1) is 6.92 Å². The molecule has 2 heteroatoms. The molecular weight excluding hydrogens is 223 g/mol. The van der Waals surface area contributed by atoms with Crippen LogP contribution in [0.2, 0.25) is 0 Å². The Morgan fingerprint density at radius 1 is 1.25 bits per heavy atom. The summed E-state index contributed by atoms with van der Waals surface area (Å²) in [7, 11) is 0. The van der Waals surface area contributed by atoms with Gasteiger partial charge < -0.3 is 5.11 Å². The van der Waals surface area contributed by atoms with E-state index in [1.807, 2.05) is 13.0 Å². The van der Waals surface area contributed by atoms with Gasteiger partial charge in [-0.05, 0) is 42.4 Å². The van der Waals surface area contributed by atoms with E-state index in [1.165, 1.54) is 0 Å². The van der Waals surface area contributed by atoms with Gasteiger partial charge in [-0.25, -0.2) is 0 Å². The Balaban J connectivity index is 0.00000225. The van der Waals surface area contributed by atoms with Crippen molar-refractivity contribution in [3.63, 3.8) is 0 Å². The molecule has 0 bridgehead atoms. The van der Waals surface area contributed by atoms with E-state index in [1.54, 1.807) is 0 Å². The van der Waals surface area contributed by atoms with Crippen LogP contribution in [-0.4, -0.2) is 56.5 Å². The number of phenols is 1. The van der Waals surface area contributed by atoms with Gasteiger partial charge in [0.1, 0.15) is 5.75 Å². The fourth-order valence-corrected chi connectivity index (χ4v) is 2.21. The summed E-state index contributed by atoms with van der Waals surface area (Å²) in [5, 5.41) is 9.98. The van der Waals surface area contributed by atoms with Crippen LogP contribution in [-0.2, 0) is 5.41 Å². The molecule has 1 aromatic rings. The first kappa shape index (κ1) is 16.7. The van der Waals surface area contributed by atoms with Crippen LogP contribution in [0.1, 0.15) is 51.2 Å². The van der Waals surface area contributed by atoms with Crippen molar-refractivity contribution in [2.45, 2.75) is 52.4 Å². The molecule has 0 amide bonds. The normalized spacial score (nSPS) is 14.0. The Morgan fingerprint density at radius 3 is 2.31 bits per heavy atom. The van der Waals surface area contributed by atoms with Crippen LogP contribution in [0.3, 0.4) is 0 Å². The third-order valence-corrected chi connectivity index (χ3v) is 3.39. The van der Waals surface area contributed by atoms with Crippen molar-refractivity contribution in [1.29, 1.82) is 0 Å². The van der Waals surface area contributed by atoms with E-state index in [-0.39, 0.29) is 56.8 Å². The summed E-state index contributed by atoms with van der Waals surface area (Å²) < 4.78 is 0. The molecule has 1 nitrogen and oxygen atoms in total. The number of aromatic hydroxyl groups is 1. The Kier molecular flexibility index (Phi) is 7.47. The van der Waals surface area contributed by atoms with Gasteiger partial charge in [0, 0.05) is 51.4 Å². The molecule has 1 N–H and O–H groups in total. The van der Waals surface area contributed by atoms with Gasteiger partial charge in [-0.15, -0.1) is 0 Å². The third kappa shape index (κ3) is 3.85. The molecule has 0 saturated heterocycles. The minimum atomic E-state index is 0. The summed E-state index contributed by atoms with van der Waals surface area (Å²) in [5.74, 6) is 0.452. The zero-order valence-corrected chi connectivity index (χ0v) is 14.4. The summed E-state index contributed by atoms with van der Waals surface area (Å²) in [5.41, 5.74) is 2.33. The standard InChI is InChI=1S/C14H22O.K/c1-5-9-14(4,6-2)12-8-7-11(3)10-13(12)15;/h7-8,10,15H,5-6,9H2,1-4H3;. The first-order valence-electron chi connectivity index (χ1n) is 5.83. The maximum absolute atomic E-state index is 9.98. The van der Waals surface area contributed by atoms with E-state index < -0.39 is 0 Å². The van der Waals surface area contributed by atoms with Crippen LogP contribution in [0.25, 0.3) is 0 Å². The van der Waals surface area contributed by atoms with Crippen molar-refractivity contribution in [3.05, 3.63) is 29.3 Å². The van der Waals surface area contributed by atoms with Crippen molar-refractivity contribution in [1.82, 2.24) is 0 Å². The molecule has 0 aliphatic carbocycles. The van der Waals surface area contributed by atoms with Crippen molar-refractivity contribution in [2.24, 2.45) is 0 Å². The molecule has 0 aliphatic heterocycles. The number of aryl methyl sites for hydroxylation is 1. The number of phenolic OH excluding ortho intramolecular Hbond substituents is 1. The number of hydrogen-bond donors (Lipinski definition) is 1. The second kappa shape index (κ2) is 7.17. The Bertz CT molecular complexity index is 336. The molecule has 0 fully saturated rings. The van der Waals surface area contributed by atoms with Crippen LogP contribution >= 0.6 is 0 Å². The second-order valence-electron chi connectivity index (χ2n) is 4.68. The first-order chi connectivity index (χ1) is 7.03. The smallest absolute Gasteiger partial charge is 0.119 e. The number of benzene rings is 1. The molecule has 16 heavy (non-hydrogen) atoms. The molecule has 1 rings (SSSR count). The zero-order chi connectivity index (χ0) is 11.5. The van der Waals surface area contributed by atoms with Gasteiger partial charge in [-0.2, -0.15) is 0 Å². The van der Waals surface area contributed by atoms with Gasteiger partial charge in [0.25, 0.3) is 0 Å². The first-order valence-corrected chi connectivity index (χ1v) is 5.83. The van der Waals surface area contributed by atoms with Gasteiger partial charge in [0.15, 0.2) is 0 Å². The molecule has 0 aliphatic rings.